The first-order valence-electron chi connectivity index (χ1n) is 10.1. The molecular formula is C23H27ClN4O+2. The average molecular weight is 411 g/mol. The first-order chi connectivity index (χ1) is 14.0. The number of quaternary nitrogens is 1. The fraction of sp³-hybridized carbons (Fsp3) is 0.304. The van der Waals surface area contributed by atoms with Crippen LogP contribution in [-0.4, -0.2) is 38.6 Å². The third kappa shape index (κ3) is 4.36. The Bertz CT molecular complexity index is 1020. The Hall–Kier alpha value is -2.63. The fourth-order valence-corrected chi connectivity index (χ4v) is 4.27. The first kappa shape index (κ1) is 19.7. The van der Waals surface area contributed by atoms with E-state index >= 15 is 0 Å². The largest absolute Gasteiger partial charge is 0.359 e. The van der Waals surface area contributed by atoms with Crippen LogP contribution in [0.5, 0.6) is 0 Å². The van der Waals surface area contributed by atoms with E-state index in [-0.39, 0.29) is 5.91 Å². The van der Waals surface area contributed by atoms with Crippen LogP contribution in [0.25, 0.3) is 10.9 Å². The SMILES string of the molecule is Cc1cccc(C)c1NC(=O)C[NH+]1CCN(c2cc[nH+]c3cc(Cl)ccc23)CC1. The van der Waals surface area contributed by atoms with Gasteiger partial charge in [0.2, 0.25) is 5.52 Å². The number of benzene rings is 2. The third-order valence-electron chi connectivity index (χ3n) is 5.70. The van der Waals surface area contributed by atoms with E-state index in [0.717, 1.165) is 53.5 Å². The van der Waals surface area contributed by atoms with Gasteiger partial charge in [-0.2, -0.15) is 0 Å². The van der Waals surface area contributed by atoms with Crippen LogP contribution in [0.3, 0.4) is 0 Å². The standard InChI is InChI=1S/C23H25ClN4O/c1-16-4-3-5-17(2)23(16)26-22(29)15-27-10-12-28(13-11-27)21-8-9-25-20-14-18(24)6-7-19(20)21/h3-9,14H,10-13,15H2,1-2H3,(H,26,29)/p+2. The number of para-hydroxylation sites is 1. The van der Waals surface area contributed by atoms with Gasteiger partial charge in [-0.3, -0.25) is 4.79 Å². The van der Waals surface area contributed by atoms with Crippen molar-refractivity contribution in [3.05, 3.63) is 64.8 Å². The maximum atomic E-state index is 12.6. The van der Waals surface area contributed by atoms with Crippen LogP contribution in [0.1, 0.15) is 11.1 Å². The van der Waals surface area contributed by atoms with Crippen molar-refractivity contribution in [1.29, 1.82) is 0 Å². The van der Waals surface area contributed by atoms with Crippen LogP contribution in [0.4, 0.5) is 11.4 Å². The second kappa shape index (κ2) is 8.39. The number of anilines is 2. The van der Waals surface area contributed by atoms with Crippen molar-refractivity contribution in [2.45, 2.75) is 13.8 Å². The molecule has 1 saturated heterocycles. The van der Waals surface area contributed by atoms with E-state index in [9.17, 15) is 4.79 Å². The second-order valence-corrected chi connectivity index (χ2v) is 8.22. The number of carbonyl (C=O) groups excluding carboxylic acids is 1. The summed E-state index contributed by atoms with van der Waals surface area (Å²) >= 11 is 6.13. The molecule has 6 heteroatoms. The van der Waals surface area contributed by atoms with Crippen LogP contribution in [-0.2, 0) is 4.79 Å². The van der Waals surface area contributed by atoms with Gasteiger partial charge >= 0.3 is 0 Å². The van der Waals surface area contributed by atoms with Crippen LogP contribution >= 0.6 is 11.6 Å². The van der Waals surface area contributed by atoms with Crippen molar-refractivity contribution in [3.63, 3.8) is 0 Å². The topological polar surface area (TPSA) is 50.9 Å². The monoisotopic (exact) mass is 410 g/mol. The molecule has 2 heterocycles. The summed E-state index contributed by atoms with van der Waals surface area (Å²) in [4.78, 5) is 19.6. The Morgan fingerprint density at radius 1 is 1.14 bits per heavy atom. The molecule has 3 aromatic rings. The summed E-state index contributed by atoms with van der Waals surface area (Å²) in [6, 6.07) is 14.2. The number of hydrogen-bond acceptors (Lipinski definition) is 2. The number of amides is 1. The van der Waals surface area contributed by atoms with Crippen molar-refractivity contribution in [2.75, 3.05) is 42.9 Å². The Balaban J connectivity index is 1.38. The maximum absolute atomic E-state index is 12.6. The molecule has 2 aromatic carbocycles. The molecule has 5 nitrogen and oxygen atoms in total. The van der Waals surface area contributed by atoms with Crippen molar-refractivity contribution in [2.24, 2.45) is 0 Å². The highest BCUT2D eigenvalue weighted by Gasteiger charge is 2.24. The minimum absolute atomic E-state index is 0.0836. The summed E-state index contributed by atoms with van der Waals surface area (Å²) < 4.78 is 0. The van der Waals surface area contributed by atoms with Gasteiger partial charge in [-0.1, -0.05) is 29.8 Å². The van der Waals surface area contributed by atoms with Crippen molar-refractivity contribution in [1.82, 2.24) is 0 Å². The van der Waals surface area contributed by atoms with Gasteiger partial charge in [0.15, 0.2) is 12.7 Å². The Morgan fingerprint density at radius 3 is 2.59 bits per heavy atom. The zero-order chi connectivity index (χ0) is 20.4. The van der Waals surface area contributed by atoms with E-state index < -0.39 is 0 Å². The normalized spacial score (nSPS) is 14.9. The predicted octanol–water partition coefficient (Wildman–Crippen LogP) is 2.27. The van der Waals surface area contributed by atoms with E-state index in [1.807, 2.05) is 50.4 Å². The number of nitrogens with one attached hydrogen (secondary N) is 3. The Morgan fingerprint density at radius 2 is 1.86 bits per heavy atom. The number of aryl methyl sites for hydroxylation is 2. The first-order valence-corrected chi connectivity index (χ1v) is 10.4. The number of aromatic amines is 1. The number of piperazine rings is 1. The van der Waals surface area contributed by atoms with E-state index in [1.165, 1.54) is 16.0 Å². The van der Waals surface area contributed by atoms with Crippen LogP contribution in [0, 0.1) is 13.8 Å². The molecule has 0 bridgehead atoms. The van der Waals surface area contributed by atoms with E-state index in [1.54, 1.807) is 0 Å². The zero-order valence-electron chi connectivity index (χ0n) is 16.9. The zero-order valence-corrected chi connectivity index (χ0v) is 17.6. The lowest BCUT2D eigenvalue weighted by molar-refractivity contribution is -0.892. The summed E-state index contributed by atoms with van der Waals surface area (Å²) in [5, 5.41) is 5.01. The minimum Gasteiger partial charge on any atom is -0.359 e. The molecule has 1 amide bonds. The van der Waals surface area contributed by atoms with Gasteiger partial charge in [0, 0.05) is 22.8 Å². The van der Waals surface area contributed by atoms with Gasteiger partial charge in [0.25, 0.3) is 5.91 Å². The summed E-state index contributed by atoms with van der Waals surface area (Å²) in [6.45, 7) is 8.29. The number of rotatable bonds is 4. The molecule has 1 aliphatic rings. The third-order valence-corrected chi connectivity index (χ3v) is 5.94. The summed E-state index contributed by atoms with van der Waals surface area (Å²) in [5.74, 6) is 0.0836. The molecule has 1 aliphatic heterocycles. The van der Waals surface area contributed by atoms with Gasteiger partial charge in [0.05, 0.1) is 37.3 Å². The Kier molecular flexibility index (Phi) is 5.69. The number of H-pyrrole nitrogens is 1. The number of pyridine rings is 1. The lowest BCUT2D eigenvalue weighted by Gasteiger charge is -2.33. The molecule has 0 saturated carbocycles. The fourth-order valence-electron chi connectivity index (χ4n) is 4.10. The molecule has 0 radical (unpaired) electrons. The van der Waals surface area contributed by atoms with Gasteiger partial charge in [-0.15, -0.1) is 0 Å². The summed E-state index contributed by atoms with van der Waals surface area (Å²) in [7, 11) is 0. The number of fused-ring (bicyclic) bond motifs is 1. The highest BCUT2D eigenvalue weighted by Crippen LogP contribution is 2.26. The molecule has 0 atom stereocenters. The van der Waals surface area contributed by atoms with Crippen molar-refractivity contribution in [3.8, 4) is 0 Å². The lowest BCUT2D eigenvalue weighted by Crippen LogP contribution is -3.15. The molecule has 29 heavy (non-hydrogen) atoms. The molecule has 1 fully saturated rings. The number of aromatic nitrogens is 1. The summed E-state index contributed by atoms with van der Waals surface area (Å²) in [6.07, 6.45) is 1.96. The van der Waals surface area contributed by atoms with Gasteiger partial charge in [-0.05, 0) is 37.1 Å². The number of carbonyl (C=O) groups is 1. The molecule has 150 valence electrons. The second-order valence-electron chi connectivity index (χ2n) is 7.78. The van der Waals surface area contributed by atoms with Crippen LogP contribution < -0.4 is 20.1 Å². The maximum Gasteiger partial charge on any atom is 0.279 e. The quantitative estimate of drug-likeness (QED) is 0.693. The minimum atomic E-state index is 0.0836. The highest BCUT2D eigenvalue weighted by molar-refractivity contribution is 6.31. The van der Waals surface area contributed by atoms with Gasteiger partial charge < -0.3 is 15.1 Å². The van der Waals surface area contributed by atoms with Gasteiger partial charge in [0.1, 0.15) is 0 Å². The van der Waals surface area contributed by atoms with E-state index in [0.29, 0.717) is 6.54 Å². The number of hydrogen-bond donors (Lipinski definition) is 2. The van der Waals surface area contributed by atoms with Crippen LogP contribution in [0.2, 0.25) is 5.02 Å². The molecule has 0 spiro atoms. The average Bonchev–Trinajstić information content (AvgIpc) is 2.71. The molecule has 1 aromatic heterocycles. The lowest BCUT2D eigenvalue weighted by atomic mass is 10.1. The van der Waals surface area contributed by atoms with E-state index in [2.05, 4.69) is 27.3 Å². The van der Waals surface area contributed by atoms with Gasteiger partial charge in [-0.25, -0.2) is 4.98 Å². The van der Waals surface area contributed by atoms with E-state index in [4.69, 9.17) is 11.6 Å². The van der Waals surface area contributed by atoms with Crippen molar-refractivity contribution >= 4 is 39.8 Å². The number of halogens is 1. The van der Waals surface area contributed by atoms with Crippen molar-refractivity contribution < 1.29 is 14.7 Å². The summed E-state index contributed by atoms with van der Waals surface area (Å²) in [5.41, 5.74) is 5.41. The molecule has 4 rings (SSSR count). The molecule has 0 aliphatic carbocycles. The predicted molar refractivity (Wildman–Crippen MR) is 118 cm³/mol. The van der Waals surface area contributed by atoms with Crippen LogP contribution in [0.15, 0.2) is 48.7 Å². The molecule has 3 N–H and O–H groups in total. The Labute approximate surface area is 176 Å². The molecule has 0 unspecified atom stereocenters. The molecular weight excluding hydrogens is 384 g/mol. The highest BCUT2D eigenvalue weighted by atomic mass is 35.5. The number of nitrogens with zero attached hydrogens (tertiary/aromatic N) is 1. The smallest absolute Gasteiger partial charge is 0.279 e.